The molecule has 1 aliphatic heterocycles. The van der Waals surface area contributed by atoms with Gasteiger partial charge in [0.25, 0.3) is 11.8 Å². The van der Waals surface area contributed by atoms with Crippen LogP contribution in [0.1, 0.15) is 16.8 Å². The van der Waals surface area contributed by atoms with Gasteiger partial charge >= 0.3 is 5.97 Å². The van der Waals surface area contributed by atoms with Gasteiger partial charge in [0.05, 0.1) is 24.2 Å². The first kappa shape index (κ1) is 25.0. The van der Waals surface area contributed by atoms with E-state index in [4.69, 9.17) is 14.2 Å². The fraction of sp³-hybridized carbons (Fsp3) is 0.348. The highest BCUT2D eigenvalue weighted by Gasteiger charge is 2.32. The van der Waals surface area contributed by atoms with Crippen LogP contribution in [0.25, 0.3) is 0 Å². The number of nitrogens with one attached hydrogen (secondary N) is 1. The monoisotopic (exact) mass is 490 g/mol. The molecule has 2 aromatic carbocycles. The third-order valence-corrected chi connectivity index (χ3v) is 7.04. The van der Waals surface area contributed by atoms with Gasteiger partial charge in [0.15, 0.2) is 23.1 Å². The van der Waals surface area contributed by atoms with Gasteiger partial charge in [-0.15, -0.1) is 0 Å². The highest BCUT2D eigenvalue weighted by molar-refractivity contribution is 7.91. The SMILES string of the molecule is COc1cccc(NC(=O)COc2ccc(C(=O)OCC(=O)N(C)C3CCS(=O)(=O)C3)cc2)c1. The van der Waals surface area contributed by atoms with Gasteiger partial charge in [-0.25, -0.2) is 13.2 Å². The summed E-state index contributed by atoms with van der Waals surface area (Å²) in [5.74, 6) is -0.597. The van der Waals surface area contributed by atoms with Crippen molar-refractivity contribution in [2.75, 3.05) is 44.2 Å². The smallest absolute Gasteiger partial charge is 0.338 e. The number of hydrogen-bond donors (Lipinski definition) is 1. The minimum Gasteiger partial charge on any atom is -0.497 e. The molecule has 3 rings (SSSR count). The van der Waals surface area contributed by atoms with E-state index in [-0.39, 0.29) is 29.6 Å². The second kappa shape index (κ2) is 11.0. The van der Waals surface area contributed by atoms with E-state index in [0.29, 0.717) is 23.6 Å². The van der Waals surface area contributed by atoms with Gasteiger partial charge in [0, 0.05) is 24.8 Å². The van der Waals surface area contributed by atoms with Crippen molar-refractivity contribution < 1.29 is 37.0 Å². The first-order valence-electron chi connectivity index (χ1n) is 10.5. The summed E-state index contributed by atoms with van der Waals surface area (Å²) in [6.07, 6.45) is 0.373. The minimum atomic E-state index is -3.13. The number of likely N-dealkylation sites (N-methyl/N-ethyl adjacent to an activating group) is 1. The summed E-state index contributed by atoms with van der Waals surface area (Å²) >= 11 is 0. The van der Waals surface area contributed by atoms with Crippen molar-refractivity contribution >= 4 is 33.3 Å². The van der Waals surface area contributed by atoms with Crippen LogP contribution in [0.3, 0.4) is 0 Å². The molecule has 10 nitrogen and oxygen atoms in total. The van der Waals surface area contributed by atoms with Crippen LogP contribution >= 0.6 is 0 Å². The molecular formula is C23H26N2O8S. The number of amides is 2. The number of nitrogens with zero attached hydrogens (tertiary/aromatic N) is 1. The zero-order valence-electron chi connectivity index (χ0n) is 18.9. The maximum Gasteiger partial charge on any atom is 0.338 e. The summed E-state index contributed by atoms with van der Waals surface area (Å²) in [5, 5.41) is 2.69. The molecule has 0 spiro atoms. The lowest BCUT2D eigenvalue weighted by Crippen LogP contribution is -2.40. The maximum absolute atomic E-state index is 12.2. The molecule has 1 saturated heterocycles. The van der Waals surface area contributed by atoms with Gasteiger partial charge in [-0.2, -0.15) is 0 Å². The first-order chi connectivity index (χ1) is 16.2. The van der Waals surface area contributed by atoms with Crippen molar-refractivity contribution in [3.63, 3.8) is 0 Å². The van der Waals surface area contributed by atoms with Crippen LogP contribution in [0.2, 0.25) is 0 Å². The standard InChI is InChI=1S/C23H26N2O8S/c1-25(18-10-11-34(29,30)15-18)22(27)14-33-23(28)16-6-8-19(9-7-16)32-13-21(26)24-17-4-3-5-20(12-17)31-2/h3-9,12,18H,10-11,13-15H2,1-2H3,(H,24,26). The summed E-state index contributed by atoms with van der Waals surface area (Å²) in [6, 6.07) is 12.4. The maximum atomic E-state index is 12.2. The number of carbonyl (C=O) groups is 3. The summed E-state index contributed by atoms with van der Waals surface area (Å²) in [5.41, 5.74) is 0.771. The summed E-state index contributed by atoms with van der Waals surface area (Å²) in [6.45, 7) is -0.729. The van der Waals surface area contributed by atoms with Crippen LogP contribution in [0, 0.1) is 0 Å². The number of carbonyl (C=O) groups excluding carboxylic acids is 3. The zero-order chi connectivity index (χ0) is 24.7. The largest absolute Gasteiger partial charge is 0.497 e. The summed E-state index contributed by atoms with van der Waals surface area (Å²) in [7, 11) is -0.0943. The lowest BCUT2D eigenvalue weighted by molar-refractivity contribution is -0.134. The van der Waals surface area contributed by atoms with E-state index >= 15 is 0 Å². The molecule has 1 N–H and O–H groups in total. The van der Waals surface area contributed by atoms with Crippen LogP contribution in [-0.4, -0.2) is 76.0 Å². The van der Waals surface area contributed by atoms with Gasteiger partial charge in [0.2, 0.25) is 0 Å². The Labute approximate surface area is 197 Å². The number of ether oxygens (including phenoxy) is 3. The molecule has 34 heavy (non-hydrogen) atoms. The van der Waals surface area contributed by atoms with Crippen LogP contribution in [-0.2, 0) is 24.2 Å². The highest BCUT2D eigenvalue weighted by atomic mass is 32.2. The molecular weight excluding hydrogens is 464 g/mol. The number of esters is 1. The Morgan fingerprint density at radius 2 is 1.79 bits per heavy atom. The van der Waals surface area contributed by atoms with Crippen molar-refractivity contribution in [1.29, 1.82) is 0 Å². The predicted octanol–water partition coefficient (Wildman–Crippen LogP) is 1.51. The molecule has 182 valence electrons. The van der Waals surface area contributed by atoms with E-state index in [1.54, 1.807) is 24.3 Å². The van der Waals surface area contributed by atoms with E-state index in [9.17, 15) is 22.8 Å². The summed E-state index contributed by atoms with van der Waals surface area (Å²) in [4.78, 5) is 37.8. The summed E-state index contributed by atoms with van der Waals surface area (Å²) < 4.78 is 38.7. The lowest BCUT2D eigenvalue weighted by atomic mass is 10.2. The Bertz CT molecular complexity index is 1150. The third-order valence-electron chi connectivity index (χ3n) is 5.29. The van der Waals surface area contributed by atoms with Gasteiger partial charge in [0.1, 0.15) is 11.5 Å². The molecule has 0 bridgehead atoms. The number of sulfone groups is 1. The Hall–Kier alpha value is -3.60. The van der Waals surface area contributed by atoms with E-state index in [0.717, 1.165) is 0 Å². The average Bonchev–Trinajstić information content (AvgIpc) is 3.20. The van der Waals surface area contributed by atoms with Crippen molar-refractivity contribution in [2.24, 2.45) is 0 Å². The third kappa shape index (κ3) is 6.95. The van der Waals surface area contributed by atoms with Gasteiger partial charge < -0.3 is 24.4 Å². The topological polar surface area (TPSA) is 128 Å². The van der Waals surface area contributed by atoms with Crippen LogP contribution in [0.15, 0.2) is 48.5 Å². The molecule has 0 aliphatic carbocycles. The fourth-order valence-corrected chi connectivity index (χ4v) is 5.11. The molecule has 1 heterocycles. The number of hydrogen-bond acceptors (Lipinski definition) is 8. The lowest BCUT2D eigenvalue weighted by Gasteiger charge is -2.23. The van der Waals surface area contributed by atoms with Crippen LogP contribution in [0.5, 0.6) is 11.5 Å². The molecule has 1 unspecified atom stereocenters. The first-order valence-corrected chi connectivity index (χ1v) is 12.3. The second-order valence-corrected chi connectivity index (χ2v) is 9.96. The molecule has 0 radical (unpaired) electrons. The normalized spacial score (nSPS) is 16.4. The minimum absolute atomic E-state index is 0.0478. The van der Waals surface area contributed by atoms with Crippen molar-refractivity contribution in [1.82, 2.24) is 4.90 Å². The molecule has 1 aliphatic rings. The highest BCUT2D eigenvalue weighted by Crippen LogP contribution is 2.18. The number of benzene rings is 2. The number of rotatable bonds is 9. The van der Waals surface area contributed by atoms with Gasteiger partial charge in [-0.05, 0) is 42.8 Å². The van der Waals surface area contributed by atoms with Gasteiger partial charge in [-0.1, -0.05) is 6.07 Å². The molecule has 1 atom stereocenters. The van der Waals surface area contributed by atoms with E-state index in [1.807, 2.05) is 0 Å². The Morgan fingerprint density at radius 3 is 2.44 bits per heavy atom. The number of methoxy groups -OCH3 is 1. The van der Waals surface area contributed by atoms with Crippen molar-refractivity contribution in [3.05, 3.63) is 54.1 Å². The van der Waals surface area contributed by atoms with E-state index in [1.165, 1.54) is 43.3 Å². The van der Waals surface area contributed by atoms with Gasteiger partial charge in [-0.3, -0.25) is 9.59 Å². The molecule has 2 aromatic rings. The zero-order valence-corrected chi connectivity index (χ0v) is 19.7. The van der Waals surface area contributed by atoms with Crippen molar-refractivity contribution in [3.8, 4) is 11.5 Å². The Balaban J connectivity index is 1.44. The fourth-order valence-electron chi connectivity index (χ4n) is 3.33. The quantitative estimate of drug-likeness (QED) is 0.524. The van der Waals surface area contributed by atoms with E-state index in [2.05, 4.69) is 5.32 Å². The average molecular weight is 491 g/mol. The van der Waals surface area contributed by atoms with Crippen LogP contribution in [0.4, 0.5) is 5.69 Å². The molecule has 0 saturated carbocycles. The predicted molar refractivity (Wildman–Crippen MR) is 124 cm³/mol. The Kier molecular flexibility index (Phi) is 8.11. The molecule has 0 aromatic heterocycles. The van der Waals surface area contributed by atoms with Crippen LogP contribution < -0.4 is 14.8 Å². The number of anilines is 1. The van der Waals surface area contributed by atoms with E-state index < -0.39 is 34.4 Å². The van der Waals surface area contributed by atoms with Crippen molar-refractivity contribution in [2.45, 2.75) is 12.5 Å². The molecule has 1 fully saturated rings. The Morgan fingerprint density at radius 1 is 1.06 bits per heavy atom. The molecule has 11 heteroatoms. The molecule has 2 amide bonds. The second-order valence-electron chi connectivity index (χ2n) is 7.73.